The van der Waals surface area contributed by atoms with Gasteiger partial charge in [0.15, 0.2) is 16.3 Å². The fraction of sp³-hybridized carbons (Fsp3) is 0.242. The van der Waals surface area contributed by atoms with Crippen LogP contribution in [0.2, 0.25) is 0 Å². The highest BCUT2D eigenvalue weighted by molar-refractivity contribution is 14.1. The zero-order valence-electron chi connectivity index (χ0n) is 24.6. The topological polar surface area (TPSA) is 88.4 Å². The van der Waals surface area contributed by atoms with E-state index in [0.717, 1.165) is 18.3 Å². The number of esters is 1. The third kappa shape index (κ3) is 6.74. The van der Waals surface area contributed by atoms with Crippen LogP contribution in [0.1, 0.15) is 43.5 Å². The molecular weight excluding hydrogens is 806 g/mol. The highest BCUT2D eigenvalue weighted by Crippen LogP contribution is 2.36. The zero-order valence-corrected chi connectivity index (χ0v) is 29.7. The Bertz CT molecular complexity index is 1920. The Morgan fingerprint density at radius 3 is 2.50 bits per heavy atom. The standard InChI is InChI=1S/C33H30I2N2O6S/c1-5-41-26-15-21(12-13-25(26)40-4)29-28(32(39)42-6-2)19(3)36-33-37(29)31(38)27(44-33)16-22-14-23(34)17-24(35)30(22)43-18-20-10-8-7-9-11-20/h7-17,29H,5-6,18H2,1-4H3/b27-16-/t29-/m0/s1. The third-order valence-electron chi connectivity index (χ3n) is 6.87. The zero-order chi connectivity index (χ0) is 31.4. The quantitative estimate of drug-likeness (QED) is 0.144. The minimum Gasteiger partial charge on any atom is -0.493 e. The second-order valence-electron chi connectivity index (χ2n) is 9.73. The van der Waals surface area contributed by atoms with Crippen LogP contribution >= 0.6 is 56.5 Å². The summed E-state index contributed by atoms with van der Waals surface area (Å²) in [4.78, 5) is 32.7. The largest absolute Gasteiger partial charge is 0.493 e. The molecule has 8 nitrogen and oxygen atoms in total. The van der Waals surface area contributed by atoms with Gasteiger partial charge >= 0.3 is 5.97 Å². The SMILES string of the molecule is CCOC(=O)C1=C(C)N=c2s/c(=C\c3cc(I)cc(I)c3OCc3ccccc3)c(=O)n2[C@H]1c1ccc(OC)c(OCC)c1. The van der Waals surface area contributed by atoms with Crippen LogP contribution in [0.25, 0.3) is 6.08 Å². The van der Waals surface area contributed by atoms with Crippen molar-refractivity contribution in [1.29, 1.82) is 0 Å². The van der Waals surface area contributed by atoms with Crippen molar-refractivity contribution in [2.45, 2.75) is 33.4 Å². The lowest BCUT2D eigenvalue weighted by Gasteiger charge is -2.25. The van der Waals surface area contributed by atoms with Gasteiger partial charge in [0.05, 0.1) is 45.7 Å². The molecule has 0 N–H and O–H groups in total. The first-order chi connectivity index (χ1) is 21.2. The van der Waals surface area contributed by atoms with E-state index in [1.54, 1.807) is 37.7 Å². The predicted molar refractivity (Wildman–Crippen MR) is 187 cm³/mol. The van der Waals surface area contributed by atoms with Crippen molar-refractivity contribution in [2.24, 2.45) is 4.99 Å². The molecule has 4 aromatic rings. The predicted octanol–water partition coefficient (Wildman–Crippen LogP) is 5.99. The van der Waals surface area contributed by atoms with Crippen LogP contribution < -0.4 is 29.1 Å². The summed E-state index contributed by atoms with van der Waals surface area (Å²) >= 11 is 5.79. The van der Waals surface area contributed by atoms with E-state index in [1.165, 1.54) is 11.3 Å². The molecule has 228 valence electrons. The lowest BCUT2D eigenvalue weighted by molar-refractivity contribution is -0.139. The van der Waals surface area contributed by atoms with E-state index in [-0.39, 0.29) is 12.2 Å². The maximum atomic E-state index is 14.2. The molecule has 1 aliphatic heterocycles. The fourth-order valence-corrected chi connectivity index (χ4v) is 8.03. The Labute approximate surface area is 286 Å². The van der Waals surface area contributed by atoms with Crippen LogP contribution in [-0.2, 0) is 16.1 Å². The number of rotatable bonds is 10. The summed E-state index contributed by atoms with van der Waals surface area (Å²) < 4.78 is 27.0. The van der Waals surface area contributed by atoms with Crippen LogP contribution in [0, 0.1) is 7.14 Å². The molecule has 0 unspecified atom stereocenters. The third-order valence-corrected chi connectivity index (χ3v) is 9.28. The van der Waals surface area contributed by atoms with Crippen LogP contribution in [-0.4, -0.2) is 30.9 Å². The molecule has 2 heterocycles. The fourth-order valence-electron chi connectivity index (χ4n) is 4.95. The van der Waals surface area contributed by atoms with Crippen molar-refractivity contribution >= 4 is 68.6 Å². The summed E-state index contributed by atoms with van der Waals surface area (Å²) in [5.74, 6) is 1.24. The van der Waals surface area contributed by atoms with Gasteiger partial charge in [-0.15, -0.1) is 0 Å². The molecule has 0 spiro atoms. The molecule has 0 saturated carbocycles. The van der Waals surface area contributed by atoms with Gasteiger partial charge in [0.1, 0.15) is 12.4 Å². The summed E-state index contributed by atoms with van der Waals surface area (Å²) in [6.07, 6.45) is 1.84. The van der Waals surface area contributed by atoms with Crippen molar-refractivity contribution in [1.82, 2.24) is 4.57 Å². The number of fused-ring (bicyclic) bond motifs is 1. The summed E-state index contributed by atoms with van der Waals surface area (Å²) in [5.41, 5.74) is 3.02. The maximum absolute atomic E-state index is 14.2. The molecule has 1 atom stereocenters. The van der Waals surface area contributed by atoms with Gasteiger partial charge in [-0.3, -0.25) is 9.36 Å². The van der Waals surface area contributed by atoms with Gasteiger partial charge in [-0.1, -0.05) is 47.7 Å². The molecule has 3 aromatic carbocycles. The summed E-state index contributed by atoms with van der Waals surface area (Å²) in [6.45, 7) is 6.40. The van der Waals surface area contributed by atoms with Gasteiger partial charge in [-0.2, -0.15) is 0 Å². The van der Waals surface area contributed by atoms with E-state index >= 15 is 0 Å². The molecule has 0 amide bonds. The number of thiazole rings is 1. The van der Waals surface area contributed by atoms with Gasteiger partial charge in [0.25, 0.3) is 5.56 Å². The van der Waals surface area contributed by atoms with Crippen molar-refractivity contribution in [3.05, 3.63) is 115 Å². The lowest BCUT2D eigenvalue weighted by Crippen LogP contribution is -2.40. The number of halogens is 2. The smallest absolute Gasteiger partial charge is 0.338 e. The average Bonchev–Trinajstić information content (AvgIpc) is 3.30. The molecule has 0 saturated heterocycles. The van der Waals surface area contributed by atoms with E-state index < -0.39 is 12.0 Å². The monoisotopic (exact) mass is 836 g/mol. The van der Waals surface area contributed by atoms with Gasteiger partial charge in [-0.05, 0) is 107 Å². The highest BCUT2D eigenvalue weighted by atomic mass is 127. The Morgan fingerprint density at radius 2 is 1.80 bits per heavy atom. The number of ether oxygens (including phenoxy) is 4. The number of nitrogens with zero attached hydrogens (tertiary/aromatic N) is 2. The molecule has 1 aromatic heterocycles. The van der Waals surface area contributed by atoms with E-state index in [0.29, 0.717) is 56.6 Å². The number of aromatic nitrogens is 1. The Hall–Kier alpha value is -3.17. The van der Waals surface area contributed by atoms with Crippen molar-refractivity contribution in [3.63, 3.8) is 0 Å². The number of hydrogen-bond acceptors (Lipinski definition) is 8. The number of allylic oxidation sites excluding steroid dienone is 1. The summed E-state index contributed by atoms with van der Waals surface area (Å²) in [5, 5.41) is 0. The molecule has 0 radical (unpaired) electrons. The normalized spacial score (nSPS) is 14.6. The molecule has 44 heavy (non-hydrogen) atoms. The number of benzene rings is 3. The second kappa shape index (κ2) is 14.3. The lowest BCUT2D eigenvalue weighted by atomic mass is 9.95. The van der Waals surface area contributed by atoms with Crippen molar-refractivity contribution in [3.8, 4) is 17.2 Å². The van der Waals surface area contributed by atoms with E-state index in [1.807, 2.05) is 61.5 Å². The van der Waals surface area contributed by atoms with Crippen LogP contribution in [0.15, 0.2) is 81.7 Å². The van der Waals surface area contributed by atoms with Gasteiger partial charge in [0, 0.05) is 9.13 Å². The van der Waals surface area contributed by atoms with Gasteiger partial charge < -0.3 is 18.9 Å². The Morgan fingerprint density at radius 1 is 1.02 bits per heavy atom. The van der Waals surface area contributed by atoms with E-state index in [9.17, 15) is 9.59 Å². The van der Waals surface area contributed by atoms with Crippen molar-refractivity contribution < 1.29 is 23.7 Å². The van der Waals surface area contributed by atoms with Crippen molar-refractivity contribution in [2.75, 3.05) is 20.3 Å². The Balaban J connectivity index is 1.68. The molecular formula is C33H30I2N2O6S. The number of carbonyl (C=O) groups excluding carboxylic acids is 1. The highest BCUT2D eigenvalue weighted by Gasteiger charge is 2.34. The summed E-state index contributed by atoms with van der Waals surface area (Å²) in [7, 11) is 1.57. The Kier molecular flexibility index (Phi) is 10.5. The minimum absolute atomic E-state index is 0.191. The van der Waals surface area contributed by atoms with Crippen LogP contribution in [0.5, 0.6) is 17.2 Å². The molecule has 1 aliphatic rings. The maximum Gasteiger partial charge on any atom is 0.338 e. The van der Waals surface area contributed by atoms with Gasteiger partial charge in [0.2, 0.25) is 0 Å². The van der Waals surface area contributed by atoms with E-state index in [2.05, 4.69) is 45.2 Å². The number of carbonyl (C=O) groups is 1. The van der Waals surface area contributed by atoms with Crippen LogP contribution in [0.3, 0.4) is 0 Å². The molecule has 0 bridgehead atoms. The molecule has 11 heteroatoms. The molecule has 5 rings (SSSR count). The first-order valence-corrected chi connectivity index (χ1v) is 16.9. The van der Waals surface area contributed by atoms with Crippen LogP contribution in [0.4, 0.5) is 0 Å². The molecule has 0 aliphatic carbocycles. The summed E-state index contributed by atoms with van der Waals surface area (Å²) in [6, 6.07) is 18.6. The van der Waals surface area contributed by atoms with Gasteiger partial charge in [-0.25, -0.2) is 9.79 Å². The molecule has 0 fully saturated rings. The van der Waals surface area contributed by atoms with E-state index in [4.69, 9.17) is 23.9 Å². The second-order valence-corrected chi connectivity index (χ2v) is 13.1. The first kappa shape index (κ1) is 32.2. The first-order valence-electron chi connectivity index (χ1n) is 13.9. The number of hydrogen-bond donors (Lipinski definition) is 0. The average molecular weight is 836 g/mol. The minimum atomic E-state index is -0.776. The number of methoxy groups -OCH3 is 1.